The summed E-state index contributed by atoms with van der Waals surface area (Å²) in [6, 6.07) is 7.43. The van der Waals surface area contributed by atoms with Gasteiger partial charge in [-0.2, -0.15) is 0 Å². The molecule has 3 amide bonds. The van der Waals surface area contributed by atoms with Gasteiger partial charge in [-0.3, -0.25) is 4.79 Å². The largest absolute Gasteiger partial charge is 0.459 e. The number of furan rings is 1. The number of hydrogen-bond donors (Lipinski definition) is 3. The predicted octanol–water partition coefficient (Wildman–Crippen LogP) is 3.34. The van der Waals surface area contributed by atoms with E-state index in [1.807, 2.05) is 6.92 Å². The lowest BCUT2D eigenvalue weighted by Gasteiger charge is -2.14. The van der Waals surface area contributed by atoms with Crippen LogP contribution in [0.1, 0.15) is 17.5 Å². The van der Waals surface area contributed by atoms with Gasteiger partial charge in [0.2, 0.25) is 0 Å². The van der Waals surface area contributed by atoms with E-state index in [0.29, 0.717) is 18.0 Å². The molecule has 2 rings (SSSR count). The minimum Gasteiger partial charge on any atom is -0.459 e. The fourth-order valence-electron chi connectivity index (χ4n) is 1.97. The third-order valence-corrected chi connectivity index (χ3v) is 3.33. The second kappa shape index (κ2) is 8.37. The summed E-state index contributed by atoms with van der Waals surface area (Å²) in [5, 5.41) is 8.29. The van der Waals surface area contributed by atoms with E-state index in [-0.39, 0.29) is 22.9 Å². The average molecular weight is 352 g/mol. The Morgan fingerprint density at radius 1 is 1.29 bits per heavy atom. The van der Waals surface area contributed by atoms with Gasteiger partial charge < -0.3 is 25.1 Å². The van der Waals surface area contributed by atoms with E-state index < -0.39 is 5.91 Å². The van der Waals surface area contributed by atoms with Crippen LogP contribution < -0.4 is 16.0 Å². The molecule has 2 aromatic rings. The number of ether oxygens (including phenoxy) is 1. The first-order valence-electron chi connectivity index (χ1n) is 7.20. The van der Waals surface area contributed by atoms with Crippen molar-refractivity contribution in [1.82, 2.24) is 5.32 Å². The van der Waals surface area contributed by atoms with Crippen molar-refractivity contribution in [2.24, 2.45) is 0 Å². The second-order valence-corrected chi connectivity index (χ2v) is 5.49. The van der Waals surface area contributed by atoms with Crippen molar-refractivity contribution in [3.05, 3.63) is 47.4 Å². The number of amides is 3. The maximum absolute atomic E-state index is 11.9. The van der Waals surface area contributed by atoms with E-state index in [4.69, 9.17) is 20.8 Å². The van der Waals surface area contributed by atoms with Crippen molar-refractivity contribution in [1.29, 1.82) is 0 Å². The third kappa shape index (κ3) is 5.00. The van der Waals surface area contributed by atoms with E-state index in [1.54, 1.807) is 37.4 Å². The zero-order valence-electron chi connectivity index (χ0n) is 13.3. The molecule has 1 aromatic heterocycles. The number of carbonyl (C=O) groups is 2. The molecule has 0 aliphatic heterocycles. The van der Waals surface area contributed by atoms with Crippen molar-refractivity contribution in [2.45, 2.75) is 13.0 Å². The molecule has 0 fully saturated rings. The molecule has 128 valence electrons. The Morgan fingerprint density at radius 3 is 2.71 bits per heavy atom. The SMILES string of the molecule is COCC(C)NC(=O)Nc1ccc(NC(=O)c2ccco2)c(Cl)c1. The number of methoxy groups -OCH3 is 1. The van der Waals surface area contributed by atoms with Crippen LogP contribution >= 0.6 is 11.6 Å². The molecule has 7 nitrogen and oxygen atoms in total. The maximum Gasteiger partial charge on any atom is 0.319 e. The molecule has 0 radical (unpaired) electrons. The molecule has 0 saturated heterocycles. The summed E-state index contributed by atoms with van der Waals surface area (Å²) in [5.74, 6) is -0.228. The van der Waals surface area contributed by atoms with Crippen LogP contribution in [0, 0.1) is 0 Å². The van der Waals surface area contributed by atoms with Gasteiger partial charge in [-0.05, 0) is 37.3 Å². The van der Waals surface area contributed by atoms with E-state index in [1.165, 1.54) is 6.26 Å². The molecule has 0 spiro atoms. The minimum absolute atomic E-state index is 0.127. The number of nitrogens with one attached hydrogen (secondary N) is 3. The van der Waals surface area contributed by atoms with Gasteiger partial charge >= 0.3 is 6.03 Å². The number of benzene rings is 1. The number of anilines is 2. The first-order valence-corrected chi connectivity index (χ1v) is 7.58. The summed E-state index contributed by atoms with van der Waals surface area (Å²) < 4.78 is 9.96. The van der Waals surface area contributed by atoms with Crippen molar-refractivity contribution in [3.63, 3.8) is 0 Å². The highest BCUT2D eigenvalue weighted by atomic mass is 35.5. The lowest BCUT2D eigenvalue weighted by atomic mass is 10.2. The summed E-state index contributed by atoms with van der Waals surface area (Å²) in [4.78, 5) is 23.7. The molecular weight excluding hydrogens is 334 g/mol. The number of hydrogen-bond acceptors (Lipinski definition) is 4. The quantitative estimate of drug-likeness (QED) is 0.744. The highest BCUT2D eigenvalue weighted by molar-refractivity contribution is 6.34. The molecule has 8 heteroatoms. The van der Waals surface area contributed by atoms with E-state index >= 15 is 0 Å². The van der Waals surface area contributed by atoms with Crippen LogP contribution in [0.25, 0.3) is 0 Å². The Balaban J connectivity index is 1.96. The summed E-state index contributed by atoms with van der Waals surface area (Å²) in [7, 11) is 1.56. The summed E-state index contributed by atoms with van der Waals surface area (Å²) in [6.07, 6.45) is 1.41. The third-order valence-electron chi connectivity index (χ3n) is 3.01. The molecule has 0 bridgehead atoms. The molecule has 0 aliphatic carbocycles. The van der Waals surface area contributed by atoms with Crippen molar-refractivity contribution in [3.8, 4) is 0 Å². The summed E-state index contributed by atoms with van der Waals surface area (Å²) in [6.45, 7) is 2.23. The predicted molar refractivity (Wildman–Crippen MR) is 91.6 cm³/mol. The van der Waals surface area contributed by atoms with Crippen molar-refractivity contribution in [2.75, 3.05) is 24.4 Å². The van der Waals surface area contributed by atoms with E-state index in [9.17, 15) is 9.59 Å². The molecule has 3 N–H and O–H groups in total. The zero-order chi connectivity index (χ0) is 17.5. The molecule has 1 heterocycles. The van der Waals surface area contributed by atoms with Crippen LogP contribution in [0.3, 0.4) is 0 Å². The molecular formula is C16H18ClN3O4. The normalized spacial score (nSPS) is 11.6. The standard InChI is InChI=1S/C16H18ClN3O4/c1-10(9-23-2)18-16(22)19-11-5-6-13(12(17)8-11)20-15(21)14-4-3-7-24-14/h3-8,10H,9H2,1-2H3,(H,20,21)(H2,18,19,22). The lowest BCUT2D eigenvalue weighted by Crippen LogP contribution is -2.38. The topological polar surface area (TPSA) is 92.6 Å². The van der Waals surface area contributed by atoms with E-state index in [0.717, 1.165) is 0 Å². The number of urea groups is 1. The molecule has 1 atom stereocenters. The Kier molecular flexibility index (Phi) is 6.22. The Morgan fingerprint density at radius 2 is 2.08 bits per heavy atom. The first-order chi connectivity index (χ1) is 11.5. The van der Waals surface area contributed by atoms with Crippen LogP contribution in [-0.2, 0) is 4.74 Å². The molecule has 1 unspecified atom stereocenters. The van der Waals surface area contributed by atoms with Gasteiger partial charge in [0, 0.05) is 12.8 Å². The number of halogens is 1. The lowest BCUT2D eigenvalue weighted by molar-refractivity contribution is 0.0996. The minimum atomic E-state index is -0.409. The highest BCUT2D eigenvalue weighted by Gasteiger charge is 2.12. The van der Waals surface area contributed by atoms with E-state index in [2.05, 4.69) is 16.0 Å². The van der Waals surface area contributed by atoms with Crippen LogP contribution in [-0.4, -0.2) is 31.7 Å². The summed E-state index contributed by atoms with van der Waals surface area (Å²) in [5.41, 5.74) is 0.912. The Bertz CT molecular complexity index is 703. The van der Waals surface area contributed by atoms with Gasteiger partial charge in [-0.25, -0.2) is 4.79 Å². The highest BCUT2D eigenvalue weighted by Crippen LogP contribution is 2.26. The van der Waals surface area contributed by atoms with Crippen LogP contribution in [0.4, 0.5) is 16.2 Å². The van der Waals surface area contributed by atoms with Gasteiger partial charge in [0.15, 0.2) is 5.76 Å². The Hall–Kier alpha value is -2.51. The van der Waals surface area contributed by atoms with Crippen LogP contribution in [0.15, 0.2) is 41.0 Å². The van der Waals surface area contributed by atoms with Gasteiger partial charge in [0.1, 0.15) is 0 Å². The fourth-order valence-corrected chi connectivity index (χ4v) is 2.20. The number of rotatable bonds is 6. The maximum atomic E-state index is 11.9. The van der Waals surface area contributed by atoms with Gasteiger partial charge in [0.05, 0.1) is 29.6 Å². The number of carbonyl (C=O) groups excluding carboxylic acids is 2. The summed E-state index contributed by atoms with van der Waals surface area (Å²) >= 11 is 6.14. The monoisotopic (exact) mass is 351 g/mol. The van der Waals surface area contributed by atoms with Crippen molar-refractivity contribution < 1.29 is 18.7 Å². The fraction of sp³-hybridized carbons (Fsp3) is 0.250. The molecule has 24 heavy (non-hydrogen) atoms. The van der Waals surface area contributed by atoms with Gasteiger partial charge in [-0.1, -0.05) is 11.6 Å². The zero-order valence-corrected chi connectivity index (χ0v) is 14.0. The van der Waals surface area contributed by atoms with Gasteiger partial charge in [-0.15, -0.1) is 0 Å². The van der Waals surface area contributed by atoms with Gasteiger partial charge in [0.25, 0.3) is 5.91 Å². The first kappa shape index (κ1) is 17.8. The van der Waals surface area contributed by atoms with Crippen LogP contribution in [0.5, 0.6) is 0 Å². The molecule has 0 aliphatic rings. The molecule has 0 saturated carbocycles. The average Bonchev–Trinajstić information content (AvgIpc) is 3.04. The van der Waals surface area contributed by atoms with Crippen molar-refractivity contribution >= 4 is 34.9 Å². The molecule has 1 aromatic carbocycles. The Labute approximate surface area is 144 Å². The second-order valence-electron chi connectivity index (χ2n) is 5.08. The van der Waals surface area contributed by atoms with Crippen LogP contribution in [0.2, 0.25) is 5.02 Å². The smallest absolute Gasteiger partial charge is 0.319 e.